The maximum atomic E-state index is 4.27. The van der Waals surface area contributed by atoms with Crippen molar-refractivity contribution in [3.05, 3.63) is 84.1 Å². The normalized spacial score (nSPS) is 30.8. The molecule has 0 heterocycles. The van der Waals surface area contributed by atoms with Crippen molar-refractivity contribution >= 4 is 0 Å². The van der Waals surface area contributed by atoms with Gasteiger partial charge in [0.15, 0.2) is 0 Å². The van der Waals surface area contributed by atoms with E-state index in [2.05, 4.69) is 74.3 Å². The lowest BCUT2D eigenvalue weighted by Gasteiger charge is -2.29. The zero-order valence-corrected chi connectivity index (χ0v) is 12.1. The molecule has 0 N–H and O–H groups in total. The molecule has 0 aromatic heterocycles. The van der Waals surface area contributed by atoms with E-state index in [1.807, 2.05) is 0 Å². The highest BCUT2D eigenvalue weighted by molar-refractivity contribution is 5.51. The van der Waals surface area contributed by atoms with Crippen LogP contribution < -0.4 is 0 Å². The van der Waals surface area contributed by atoms with Gasteiger partial charge in [0.2, 0.25) is 0 Å². The summed E-state index contributed by atoms with van der Waals surface area (Å²) >= 11 is 0. The summed E-state index contributed by atoms with van der Waals surface area (Å²) < 4.78 is 0. The summed E-state index contributed by atoms with van der Waals surface area (Å²) in [5.41, 5.74) is 4.06. The Morgan fingerprint density at radius 3 is 2.76 bits per heavy atom. The van der Waals surface area contributed by atoms with Gasteiger partial charge in [0.1, 0.15) is 0 Å². The molecule has 0 aliphatic heterocycles. The van der Waals surface area contributed by atoms with E-state index in [4.69, 9.17) is 0 Å². The molecule has 0 spiro atoms. The van der Waals surface area contributed by atoms with Crippen LogP contribution in [0.5, 0.6) is 0 Å². The van der Waals surface area contributed by atoms with Crippen molar-refractivity contribution in [3.8, 4) is 0 Å². The Bertz CT molecular complexity index is 575. The molecule has 0 saturated carbocycles. The van der Waals surface area contributed by atoms with Crippen LogP contribution in [0.1, 0.15) is 27.2 Å². The monoisotopic (exact) mass is 278 g/mol. The first-order valence-corrected chi connectivity index (χ1v) is 7.60. The minimum absolute atomic E-state index is 0. The average Bonchev–Trinajstić information content (AvgIpc) is 2.89. The third-order valence-corrected chi connectivity index (χ3v) is 4.38. The van der Waals surface area contributed by atoms with E-state index < -0.39 is 0 Å². The summed E-state index contributed by atoms with van der Waals surface area (Å²) in [5.74, 6) is 1.47. The van der Waals surface area contributed by atoms with E-state index in [0.29, 0.717) is 17.8 Å². The average molecular weight is 278 g/mol. The molecule has 0 aromatic rings. The van der Waals surface area contributed by atoms with Crippen LogP contribution in [-0.2, 0) is 0 Å². The maximum Gasteiger partial charge on any atom is 0.0167 e. The molecule has 3 unspecified atom stereocenters. The molecule has 0 fully saturated rings. The Hall–Kier alpha value is -1.82. The molecule has 0 aromatic carbocycles. The molecule has 3 aliphatic carbocycles. The molecule has 0 amide bonds. The van der Waals surface area contributed by atoms with E-state index in [1.54, 1.807) is 0 Å². The maximum absolute atomic E-state index is 4.27. The fourth-order valence-electron chi connectivity index (χ4n) is 3.33. The van der Waals surface area contributed by atoms with Gasteiger partial charge in [-0.1, -0.05) is 87.3 Å². The van der Waals surface area contributed by atoms with Crippen LogP contribution in [-0.4, -0.2) is 0 Å². The smallest absolute Gasteiger partial charge is 0.0167 e. The van der Waals surface area contributed by atoms with Crippen LogP contribution in [0.3, 0.4) is 0 Å². The van der Waals surface area contributed by atoms with Gasteiger partial charge in [-0.2, -0.15) is 0 Å². The topological polar surface area (TPSA) is 0 Å². The van der Waals surface area contributed by atoms with E-state index in [9.17, 15) is 0 Å². The zero-order chi connectivity index (χ0) is 13.9. The standard InChI is InChI=1S/C20H22.CH4/c1-3-4-8-15(2)17-13-14-18-16-9-6-5-7-10-19(17)20(18)12-11-16;/h4,6-14,16,19-20H,2-3,5H2,1H3;1H4/b8-4-,9-6?,10-7-;. The van der Waals surface area contributed by atoms with Gasteiger partial charge < -0.3 is 0 Å². The highest BCUT2D eigenvalue weighted by atomic mass is 14.4. The van der Waals surface area contributed by atoms with Crippen LogP contribution >= 0.6 is 0 Å². The Morgan fingerprint density at radius 1 is 1.14 bits per heavy atom. The van der Waals surface area contributed by atoms with Crippen LogP contribution in [0.25, 0.3) is 0 Å². The van der Waals surface area contributed by atoms with Crippen molar-refractivity contribution in [2.24, 2.45) is 17.8 Å². The molecule has 110 valence electrons. The number of rotatable bonds is 3. The molecule has 0 heteroatoms. The molecule has 0 nitrogen and oxygen atoms in total. The quantitative estimate of drug-likeness (QED) is 0.442. The fourth-order valence-corrected chi connectivity index (χ4v) is 3.33. The summed E-state index contributed by atoms with van der Waals surface area (Å²) in [6, 6.07) is 0. The Kier molecular flexibility index (Phi) is 5.01. The summed E-state index contributed by atoms with van der Waals surface area (Å²) in [4.78, 5) is 0. The van der Waals surface area contributed by atoms with Gasteiger partial charge >= 0.3 is 0 Å². The molecule has 3 aliphatic rings. The second kappa shape index (κ2) is 6.76. The van der Waals surface area contributed by atoms with E-state index in [-0.39, 0.29) is 7.43 Å². The number of hydrogen-bond donors (Lipinski definition) is 0. The fraction of sp³-hybridized carbons (Fsp3) is 0.333. The van der Waals surface area contributed by atoms with Crippen molar-refractivity contribution in [1.29, 1.82) is 0 Å². The second-order valence-electron chi connectivity index (χ2n) is 5.68. The lowest BCUT2D eigenvalue weighted by Crippen LogP contribution is -2.18. The Balaban J connectivity index is 0.00000161. The van der Waals surface area contributed by atoms with Crippen molar-refractivity contribution in [2.45, 2.75) is 27.2 Å². The van der Waals surface area contributed by atoms with Crippen molar-refractivity contribution in [3.63, 3.8) is 0 Å². The number of hydrogen-bond acceptors (Lipinski definition) is 0. The largest absolute Gasteiger partial charge is 0.0915 e. The van der Waals surface area contributed by atoms with E-state index in [1.165, 1.54) is 11.1 Å². The first kappa shape index (κ1) is 15.6. The molecule has 3 atom stereocenters. The predicted octanol–water partition coefficient (Wildman–Crippen LogP) is 5.95. The van der Waals surface area contributed by atoms with Crippen LogP contribution in [0.15, 0.2) is 84.1 Å². The van der Waals surface area contributed by atoms with Gasteiger partial charge in [0.25, 0.3) is 0 Å². The van der Waals surface area contributed by atoms with Gasteiger partial charge in [-0.05, 0) is 24.0 Å². The third kappa shape index (κ3) is 2.95. The minimum Gasteiger partial charge on any atom is -0.0915 e. The molecule has 0 saturated heterocycles. The first-order chi connectivity index (χ1) is 9.81. The summed E-state index contributed by atoms with van der Waals surface area (Å²) in [6.45, 7) is 6.42. The Morgan fingerprint density at radius 2 is 1.95 bits per heavy atom. The Labute approximate surface area is 129 Å². The summed E-state index contributed by atoms with van der Waals surface area (Å²) in [5, 5.41) is 0. The molecule has 21 heavy (non-hydrogen) atoms. The predicted molar refractivity (Wildman–Crippen MR) is 94.0 cm³/mol. The van der Waals surface area contributed by atoms with Crippen molar-refractivity contribution in [1.82, 2.24) is 0 Å². The SMILES string of the molecule is C.C=C(/C=C\CC)C1=CC=C2C3C=CC/C=C\C1C2C=C3. The molecular formula is C21H26. The second-order valence-corrected chi connectivity index (χ2v) is 5.68. The van der Waals surface area contributed by atoms with E-state index in [0.717, 1.165) is 18.4 Å². The summed E-state index contributed by atoms with van der Waals surface area (Å²) in [7, 11) is 0. The van der Waals surface area contributed by atoms with Crippen LogP contribution in [0.4, 0.5) is 0 Å². The van der Waals surface area contributed by atoms with Crippen molar-refractivity contribution < 1.29 is 0 Å². The van der Waals surface area contributed by atoms with Crippen molar-refractivity contribution in [2.75, 3.05) is 0 Å². The molecule has 3 rings (SSSR count). The highest BCUT2D eigenvalue weighted by Gasteiger charge is 2.33. The van der Waals surface area contributed by atoms with Crippen LogP contribution in [0.2, 0.25) is 0 Å². The van der Waals surface area contributed by atoms with Crippen LogP contribution in [0, 0.1) is 17.8 Å². The summed E-state index contributed by atoms with van der Waals surface area (Å²) in [6.07, 6.45) is 25.1. The van der Waals surface area contributed by atoms with Gasteiger partial charge in [0.05, 0.1) is 0 Å². The third-order valence-electron chi connectivity index (χ3n) is 4.38. The van der Waals surface area contributed by atoms with Gasteiger partial charge in [-0.25, -0.2) is 0 Å². The van der Waals surface area contributed by atoms with E-state index >= 15 is 0 Å². The first-order valence-electron chi connectivity index (χ1n) is 7.60. The minimum atomic E-state index is 0. The molecule has 4 bridgehead atoms. The highest BCUT2D eigenvalue weighted by Crippen LogP contribution is 2.44. The van der Waals surface area contributed by atoms with Gasteiger partial charge in [0, 0.05) is 17.8 Å². The number of allylic oxidation sites excluding steroid dienone is 13. The van der Waals surface area contributed by atoms with Gasteiger partial charge in [-0.15, -0.1) is 0 Å². The molecular weight excluding hydrogens is 252 g/mol. The lowest BCUT2D eigenvalue weighted by atomic mass is 9.75. The van der Waals surface area contributed by atoms with Gasteiger partial charge in [-0.3, -0.25) is 0 Å². The lowest BCUT2D eigenvalue weighted by molar-refractivity contribution is 0.599. The molecule has 0 radical (unpaired) electrons. The zero-order valence-electron chi connectivity index (χ0n) is 12.1.